The van der Waals surface area contributed by atoms with Crippen LogP contribution in [0, 0.1) is 0 Å². The van der Waals surface area contributed by atoms with Crippen LogP contribution in [0.3, 0.4) is 0 Å². The zero-order valence-electron chi connectivity index (χ0n) is 21.8. The summed E-state index contributed by atoms with van der Waals surface area (Å²) in [6.07, 6.45) is 2.69. The van der Waals surface area contributed by atoms with Gasteiger partial charge in [0.05, 0.1) is 35.1 Å². The molecular weight excluding hydrogens is 488 g/mol. The number of hydrogen-bond acceptors (Lipinski definition) is 7. The molecule has 1 aromatic heterocycles. The molecule has 4 rings (SSSR count). The smallest absolute Gasteiger partial charge is 0.338 e. The average molecular weight is 521 g/mol. The lowest BCUT2D eigenvalue weighted by Gasteiger charge is -2.26. The summed E-state index contributed by atoms with van der Waals surface area (Å²) in [5.41, 5.74) is 2.20. The van der Waals surface area contributed by atoms with Crippen molar-refractivity contribution in [2.75, 3.05) is 13.2 Å². The molecule has 2 heterocycles. The number of carbonyl (C=O) groups excluding carboxylic acids is 1. The number of hydrogen-bond donors (Lipinski definition) is 0. The zero-order valence-corrected chi connectivity index (χ0v) is 22.6. The number of aromatic nitrogens is 1. The van der Waals surface area contributed by atoms with Gasteiger partial charge >= 0.3 is 5.97 Å². The largest absolute Gasteiger partial charge is 0.494 e. The number of esters is 1. The molecule has 0 unspecified atom stereocenters. The lowest BCUT2D eigenvalue weighted by molar-refractivity contribution is -0.139. The van der Waals surface area contributed by atoms with E-state index in [1.54, 1.807) is 18.4 Å². The molecule has 37 heavy (non-hydrogen) atoms. The maximum absolute atomic E-state index is 13.8. The third kappa shape index (κ3) is 5.69. The summed E-state index contributed by atoms with van der Waals surface area (Å²) < 4.78 is 19.2. The Morgan fingerprint density at radius 2 is 1.86 bits per heavy atom. The molecule has 3 aromatic rings. The molecule has 2 aromatic carbocycles. The fourth-order valence-electron chi connectivity index (χ4n) is 4.19. The molecule has 1 atom stereocenters. The normalized spacial score (nSPS) is 15.4. The predicted molar refractivity (Wildman–Crippen MR) is 145 cm³/mol. The molecule has 0 saturated heterocycles. The van der Waals surface area contributed by atoms with Gasteiger partial charge in [0.25, 0.3) is 5.56 Å². The van der Waals surface area contributed by atoms with Crippen LogP contribution in [0.2, 0.25) is 0 Å². The van der Waals surface area contributed by atoms with Gasteiger partial charge in [0.2, 0.25) is 0 Å². The monoisotopic (exact) mass is 520 g/mol. The van der Waals surface area contributed by atoms with Crippen molar-refractivity contribution in [1.29, 1.82) is 0 Å². The Hall–Kier alpha value is -3.65. The number of carbonyl (C=O) groups is 1. The van der Waals surface area contributed by atoms with Gasteiger partial charge in [0.1, 0.15) is 17.5 Å². The van der Waals surface area contributed by atoms with Gasteiger partial charge in [-0.05, 0) is 64.0 Å². The minimum Gasteiger partial charge on any atom is -0.494 e. The summed E-state index contributed by atoms with van der Waals surface area (Å²) in [5, 5.41) is 0. The Morgan fingerprint density at radius 3 is 2.54 bits per heavy atom. The number of benzene rings is 2. The van der Waals surface area contributed by atoms with E-state index in [2.05, 4.69) is 11.9 Å². The lowest BCUT2D eigenvalue weighted by Crippen LogP contribution is -2.40. The van der Waals surface area contributed by atoms with Gasteiger partial charge in [-0.1, -0.05) is 48.6 Å². The van der Waals surface area contributed by atoms with Crippen LogP contribution in [0.15, 0.2) is 69.6 Å². The molecule has 0 fully saturated rings. The van der Waals surface area contributed by atoms with Gasteiger partial charge in [0.15, 0.2) is 4.80 Å². The van der Waals surface area contributed by atoms with E-state index in [4.69, 9.17) is 14.2 Å². The fourth-order valence-corrected chi connectivity index (χ4v) is 5.23. The molecule has 8 heteroatoms. The Morgan fingerprint density at radius 1 is 1.14 bits per heavy atom. The third-order valence-electron chi connectivity index (χ3n) is 5.74. The molecule has 0 saturated carbocycles. The Labute approximate surface area is 220 Å². The van der Waals surface area contributed by atoms with Crippen LogP contribution in [0.1, 0.15) is 58.2 Å². The van der Waals surface area contributed by atoms with Gasteiger partial charge in [-0.25, -0.2) is 9.79 Å². The van der Waals surface area contributed by atoms with Crippen molar-refractivity contribution in [1.82, 2.24) is 4.57 Å². The van der Waals surface area contributed by atoms with E-state index >= 15 is 0 Å². The van der Waals surface area contributed by atoms with E-state index in [1.165, 1.54) is 11.3 Å². The molecule has 0 bridgehead atoms. The van der Waals surface area contributed by atoms with Crippen molar-refractivity contribution in [2.45, 2.75) is 53.2 Å². The van der Waals surface area contributed by atoms with Gasteiger partial charge in [-0.3, -0.25) is 9.36 Å². The minimum absolute atomic E-state index is 0.0858. The number of para-hydroxylation sites is 1. The second kappa shape index (κ2) is 11.6. The number of rotatable bonds is 9. The van der Waals surface area contributed by atoms with Crippen molar-refractivity contribution < 1.29 is 19.0 Å². The maximum Gasteiger partial charge on any atom is 0.338 e. The number of thiazole rings is 1. The first-order valence-electron chi connectivity index (χ1n) is 12.5. The van der Waals surface area contributed by atoms with E-state index in [-0.39, 0.29) is 18.3 Å². The highest BCUT2D eigenvalue weighted by Gasteiger charge is 2.35. The first kappa shape index (κ1) is 26.4. The molecule has 0 aliphatic carbocycles. The Bertz CT molecular complexity index is 1480. The van der Waals surface area contributed by atoms with Crippen molar-refractivity contribution >= 4 is 23.4 Å². The van der Waals surface area contributed by atoms with Crippen molar-refractivity contribution in [3.63, 3.8) is 0 Å². The number of ether oxygens (including phenoxy) is 3. The van der Waals surface area contributed by atoms with E-state index < -0.39 is 12.0 Å². The minimum atomic E-state index is -0.725. The number of nitrogens with zero attached hydrogens (tertiary/aromatic N) is 2. The third-order valence-corrected chi connectivity index (χ3v) is 6.73. The molecule has 194 valence electrons. The summed E-state index contributed by atoms with van der Waals surface area (Å²) in [4.78, 5) is 32.1. The van der Waals surface area contributed by atoms with Crippen LogP contribution in [0.4, 0.5) is 0 Å². The molecule has 0 spiro atoms. The van der Waals surface area contributed by atoms with Gasteiger partial charge < -0.3 is 14.2 Å². The van der Waals surface area contributed by atoms with Crippen LogP contribution >= 0.6 is 11.3 Å². The SMILES string of the molecule is CCCOc1ccc(/C=c2/sc3n(c2=O)[C@H](c2ccccc2OC(C)C)C(C(=O)OCC)=C(C)N=3)cc1. The first-order chi connectivity index (χ1) is 17.8. The van der Waals surface area contributed by atoms with Crippen LogP contribution in [-0.2, 0) is 9.53 Å². The van der Waals surface area contributed by atoms with Crippen LogP contribution in [-0.4, -0.2) is 29.9 Å². The molecule has 0 amide bonds. The van der Waals surface area contributed by atoms with Gasteiger partial charge in [0, 0.05) is 5.56 Å². The maximum atomic E-state index is 13.8. The van der Waals surface area contributed by atoms with E-state index in [0.717, 1.165) is 17.7 Å². The summed E-state index contributed by atoms with van der Waals surface area (Å²) in [6, 6.07) is 14.4. The Kier molecular flexibility index (Phi) is 8.28. The summed E-state index contributed by atoms with van der Waals surface area (Å²) in [5.74, 6) is 0.901. The van der Waals surface area contributed by atoms with Crippen molar-refractivity contribution in [3.05, 3.63) is 90.6 Å². The molecule has 0 N–H and O–H groups in total. The van der Waals surface area contributed by atoms with Crippen LogP contribution < -0.4 is 24.4 Å². The lowest BCUT2D eigenvalue weighted by atomic mass is 9.95. The summed E-state index contributed by atoms with van der Waals surface area (Å²) >= 11 is 1.29. The Balaban J connectivity index is 1.88. The van der Waals surface area contributed by atoms with Crippen LogP contribution in [0.5, 0.6) is 11.5 Å². The second-order valence-corrected chi connectivity index (χ2v) is 9.93. The van der Waals surface area contributed by atoms with Crippen molar-refractivity contribution in [2.24, 2.45) is 4.99 Å². The number of fused-ring (bicyclic) bond motifs is 1. The van der Waals surface area contributed by atoms with Gasteiger partial charge in [-0.2, -0.15) is 0 Å². The molecule has 1 aliphatic heterocycles. The van der Waals surface area contributed by atoms with Crippen LogP contribution in [0.25, 0.3) is 6.08 Å². The molecule has 0 radical (unpaired) electrons. The highest BCUT2D eigenvalue weighted by molar-refractivity contribution is 7.07. The quantitative estimate of drug-likeness (QED) is 0.392. The number of allylic oxidation sites excluding steroid dienone is 1. The van der Waals surface area contributed by atoms with Gasteiger partial charge in [-0.15, -0.1) is 0 Å². The van der Waals surface area contributed by atoms with E-state index in [1.807, 2.05) is 68.5 Å². The standard InChI is InChI=1S/C29H32N2O5S/c1-6-16-35-21-14-12-20(13-15-21)17-24-27(32)31-26(22-10-8-9-11-23(22)36-18(3)4)25(28(33)34-7-2)19(5)30-29(31)37-24/h8-15,17-18,26H,6-7,16H2,1-5H3/b24-17+/t26-/m1/s1. The summed E-state index contributed by atoms with van der Waals surface area (Å²) in [7, 11) is 0. The van der Waals surface area contributed by atoms with E-state index in [9.17, 15) is 9.59 Å². The second-order valence-electron chi connectivity index (χ2n) is 8.92. The highest BCUT2D eigenvalue weighted by Crippen LogP contribution is 2.36. The molecular formula is C29H32N2O5S. The zero-order chi connectivity index (χ0) is 26.5. The summed E-state index contributed by atoms with van der Waals surface area (Å²) in [6.45, 7) is 10.3. The predicted octanol–water partition coefficient (Wildman–Crippen LogP) is 4.37. The van der Waals surface area contributed by atoms with E-state index in [0.29, 0.717) is 38.5 Å². The average Bonchev–Trinajstić information content (AvgIpc) is 3.17. The fraction of sp³-hybridized carbons (Fsp3) is 0.345. The highest BCUT2D eigenvalue weighted by atomic mass is 32.1. The van der Waals surface area contributed by atoms with Crippen molar-refractivity contribution in [3.8, 4) is 11.5 Å². The molecule has 1 aliphatic rings. The topological polar surface area (TPSA) is 79.1 Å². The molecule has 7 nitrogen and oxygen atoms in total. The first-order valence-corrected chi connectivity index (χ1v) is 13.3.